The number of carboxylic acids is 1. The lowest BCUT2D eigenvalue weighted by Gasteiger charge is -2.26. The monoisotopic (exact) mass is 400 g/mol. The number of amides is 4. The van der Waals surface area contributed by atoms with Gasteiger partial charge in [0, 0.05) is 0 Å². The molecule has 4 amide bonds. The molecule has 0 aliphatic carbocycles. The molecule has 1 heterocycles. The first kappa shape index (κ1) is 19.1. The molecule has 1 aliphatic heterocycles. The molecule has 1 saturated heterocycles. The van der Waals surface area contributed by atoms with Crippen LogP contribution >= 0.6 is 11.6 Å². The summed E-state index contributed by atoms with van der Waals surface area (Å²) in [6.07, 6.45) is 1.30. The van der Waals surface area contributed by atoms with E-state index >= 15 is 0 Å². The number of nitrogens with one attached hydrogen (secondary N) is 1. The topological polar surface area (TPSA) is 113 Å². The Balaban J connectivity index is 1.98. The Hall–Kier alpha value is -3.65. The van der Waals surface area contributed by atoms with Crippen molar-refractivity contribution in [2.75, 3.05) is 12.0 Å². The van der Waals surface area contributed by atoms with Gasteiger partial charge < -0.3 is 9.84 Å². The van der Waals surface area contributed by atoms with Gasteiger partial charge in [0.2, 0.25) is 0 Å². The zero-order valence-electron chi connectivity index (χ0n) is 14.4. The molecule has 0 radical (unpaired) electrons. The number of hydrogen-bond acceptors (Lipinski definition) is 5. The van der Waals surface area contributed by atoms with Gasteiger partial charge in [-0.15, -0.1) is 0 Å². The van der Waals surface area contributed by atoms with Gasteiger partial charge in [-0.3, -0.25) is 14.9 Å². The molecule has 2 N–H and O–H groups in total. The number of imide groups is 2. The number of ether oxygens (including phenoxy) is 1. The molecule has 2 aromatic carbocycles. The average Bonchev–Trinajstić information content (AvgIpc) is 2.65. The lowest BCUT2D eigenvalue weighted by molar-refractivity contribution is -0.122. The number of nitrogens with zero attached hydrogens (tertiary/aromatic N) is 1. The molecule has 0 spiro atoms. The lowest BCUT2D eigenvalue weighted by Crippen LogP contribution is -2.54. The predicted molar refractivity (Wildman–Crippen MR) is 100 cm³/mol. The number of hydrogen-bond donors (Lipinski definition) is 2. The minimum Gasteiger partial charge on any atom is -0.495 e. The maximum atomic E-state index is 12.8. The van der Waals surface area contributed by atoms with E-state index < -0.39 is 23.8 Å². The fourth-order valence-corrected chi connectivity index (χ4v) is 2.85. The van der Waals surface area contributed by atoms with Crippen molar-refractivity contribution in [1.29, 1.82) is 0 Å². The van der Waals surface area contributed by atoms with Crippen molar-refractivity contribution in [3.63, 3.8) is 0 Å². The number of aromatic carboxylic acids is 1. The number of urea groups is 1. The summed E-state index contributed by atoms with van der Waals surface area (Å²) >= 11 is 6.06. The van der Waals surface area contributed by atoms with Crippen molar-refractivity contribution >= 4 is 47.2 Å². The Labute approximate surface area is 164 Å². The number of barbiturate groups is 1. The summed E-state index contributed by atoms with van der Waals surface area (Å²) in [5.74, 6) is -2.41. The van der Waals surface area contributed by atoms with Crippen molar-refractivity contribution in [2.24, 2.45) is 0 Å². The van der Waals surface area contributed by atoms with E-state index in [1.165, 1.54) is 43.5 Å². The van der Waals surface area contributed by atoms with E-state index in [0.717, 1.165) is 4.90 Å². The molecule has 1 fully saturated rings. The molecule has 3 rings (SSSR count). The summed E-state index contributed by atoms with van der Waals surface area (Å²) in [6, 6.07) is 8.87. The second-order valence-electron chi connectivity index (χ2n) is 5.70. The highest BCUT2D eigenvalue weighted by Gasteiger charge is 2.36. The van der Waals surface area contributed by atoms with Crippen molar-refractivity contribution in [1.82, 2.24) is 5.32 Å². The maximum Gasteiger partial charge on any atom is 0.335 e. The molecule has 9 heteroatoms. The Morgan fingerprint density at radius 3 is 2.39 bits per heavy atom. The fourth-order valence-electron chi connectivity index (χ4n) is 2.58. The van der Waals surface area contributed by atoms with Crippen molar-refractivity contribution in [3.8, 4) is 5.75 Å². The van der Waals surface area contributed by atoms with Crippen LogP contribution in [0.1, 0.15) is 15.9 Å². The number of carbonyl (C=O) groups is 4. The van der Waals surface area contributed by atoms with Gasteiger partial charge in [0.1, 0.15) is 11.3 Å². The number of carbonyl (C=O) groups excluding carboxylic acids is 3. The molecule has 142 valence electrons. The van der Waals surface area contributed by atoms with Gasteiger partial charge in [-0.1, -0.05) is 17.7 Å². The summed E-state index contributed by atoms with van der Waals surface area (Å²) < 4.78 is 5.05. The number of anilines is 1. The van der Waals surface area contributed by atoms with Crippen LogP contribution in [0.15, 0.2) is 48.0 Å². The molecule has 28 heavy (non-hydrogen) atoms. The highest BCUT2D eigenvalue weighted by Crippen LogP contribution is 2.27. The minimum atomic E-state index is -1.15. The molecule has 1 aliphatic rings. The largest absolute Gasteiger partial charge is 0.495 e. The Morgan fingerprint density at radius 2 is 1.82 bits per heavy atom. The first-order valence-electron chi connectivity index (χ1n) is 7.90. The Kier molecular flexibility index (Phi) is 5.14. The summed E-state index contributed by atoms with van der Waals surface area (Å²) in [5, 5.41) is 11.3. The normalized spacial score (nSPS) is 15.6. The number of carboxylic acid groups (broad SMARTS) is 1. The third-order valence-corrected chi connectivity index (χ3v) is 4.26. The van der Waals surface area contributed by atoms with Crippen molar-refractivity contribution in [3.05, 3.63) is 64.2 Å². The molecular formula is C19H13ClN2O6. The van der Waals surface area contributed by atoms with E-state index in [-0.39, 0.29) is 21.8 Å². The molecule has 0 aromatic heterocycles. The smallest absolute Gasteiger partial charge is 0.335 e. The Morgan fingerprint density at radius 1 is 1.14 bits per heavy atom. The van der Waals surface area contributed by atoms with Gasteiger partial charge in [0.15, 0.2) is 0 Å². The zero-order chi connectivity index (χ0) is 20.4. The summed E-state index contributed by atoms with van der Waals surface area (Å²) in [5.41, 5.74) is 0.301. The molecule has 8 nitrogen and oxygen atoms in total. The second-order valence-corrected chi connectivity index (χ2v) is 6.11. The third kappa shape index (κ3) is 3.58. The maximum absolute atomic E-state index is 12.8. The van der Waals surface area contributed by atoms with Crippen LogP contribution in [0.4, 0.5) is 10.5 Å². The standard InChI is InChI=1S/C19H13ClN2O6/c1-28-15-7-2-10(9-14(15)20)8-13-16(23)21-19(27)22(17(13)24)12-5-3-11(4-6-12)18(25)26/h2-9H,1H3,(H,25,26)(H,21,23,27). The number of halogens is 1. The summed E-state index contributed by atoms with van der Waals surface area (Å²) in [4.78, 5) is 48.8. The van der Waals surface area contributed by atoms with E-state index in [1.807, 2.05) is 0 Å². The van der Waals surface area contributed by atoms with Gasteiger partial charge in [-0.25, -0.2) is 14.5 Å². The highest BCUT2D eigenvalue weighted by molar-refractivity contribution is 6.39. The highest BCUT2D eigenvalue weighted by atomic mass is 35.5. The average molecular weight is 401 g/mol. The van der Waals surface area contributed by atoms with E-state index in [4.69, 9.17) is 21.4 Å². The quantitative estimate of drug-likeness (QED) is 0.602. The molecule has 0 saturated carbocycles. The van der Waals surface area contributed by atoms with Crippen LogP contribution in [-0.2, 0) is 9.59 Å². The minimum absolute atomic E-state index is 0.00617. The van der Waals surface area contributed by atoms with Gasteiger partial charge >= 0.3 is 12.0 Å². The van der Waals surface area contributed by atoms with E-state index in [0.29, 0.717) is 11.3 Å². The van der Waals surface area contributed by atoms with Crippen LogP contribution in [0.25, 0.3) is 6.08 Å². The van der Waals surface area contributed by atoms with Crippen LogP contribution in [0, 0.1) is 0 Å². The first-order chi connectivity index (χ1) is 13.3. The lowest BCUT2D eigenvalue weighted by atomic mass is 10.1. The van der Waals surface area contributed by atoms with Crippen LogP contribution < -0.4 is 15.0 Å². The summed E-state index contributed by atoms with van der Waals surface area (Å²) in [6.45, 7) is 0. The van der Waals surface area contributed by atoms with Crippen molar-refractivity contribution in [2.45, 2.75) is 0 Å². The molecular weight excluding hydrogens is 388 g/mol. The van der Waals surface area contributed by atoms with Gasteiger partial charge in [-0.2, -0.15) is 0 Å². The SMILES string of the molecule is COc1ccc(C=C2C(=O)NC(=O)N(c3ccc(C(=O)O)cc3)C2=O)cc1Cl. The van der Waals surface area contributed by atoms with Crippen LogP contribution in [0.3, 0.4) is 0 Å². The molecule has 0 atom stereocenters. The second kappa shape index (κ2) is 7.53. The number of rotatable bonds is 4. The van der Waals surface area contributed by atoms with Crippen LogP contribution in [0.2, 0.25) is 5.02 Å². The molecule has 2 aromatic rings. The van der Waals surface area contributed by atoms with Crippen LogP contribution in [0.5, 0.6) is 5.75 Å². The van der Waals surface area contributed by atoms with Gasteiger partial charge in [-0.05, 0) is 48.0 Å². The molecule has 0 bridgehead atoms. The summed E-state index contributed by atoms with van der Waals surface area (Å²) in [7, 11) is 1.45. The van der Waals surface area contributed by atoms with Crippen LogP contribution in [-0.4, -0.2) is 36.0 Å². The molecule has 0 unspecified atom stereocenters. The number of benzene rings is 2. The third-order valence-electron chi connectivity index (χ3n) is 3.96. The Bertz CT molecular complexity index is 1030. The zero-order valence-corrected chi connectivity index (χ0v) is 15.2. The van der Waals surface area contributed by atoms with Gasteiger partial charge in [0.05, 0.1) is 23.4 Å². The number of methoxy groups -OCH3 is 1. The predicted octanol–water partition coefficient (Wildman–Crippen LogP) is 2.71. The van der Waals surface area contributed by atoms with E-state index in [1.54, 1.807) is 12.1 Å². The van der Waals surface area contributed by atoms with E-state index in [9.17, 15) is 19.2 Å². The fraction of sp³-hybridized carbons (Fsp3) is 0.0526. The van der Waals surface area contributed by atoms with E-state index in [2.05, 4.69) is 5.32 Å². The first-order valence-corrected chi connectivity index (χ1v) is 8.28. The van der Waals surface area contributed by atoms with Crippen molar-refractivity contribution < 1.29 is 29.0 Å². The van der Waals surface area contributed by atoms with Gasteiger partial charge in [0.25, 0.3) is 11.8 Å².